The maximum Gasteiger partial charge on any atom is 0.308 e. The van der Waals surface area contributed by atoms with Crippen LogP contribution in [0, 0.1) is 30.5 Å². The first-order valence-electron chi connectivity index (χ1n) is 12.0. The molecule has 0 amide bonds. The monoisotopic (exact) mass is 471 g/mol. The summed E-state index contributed by atoms with van der Waals surface area (Å²) in [6, 6.07) is 11.2. The first-order valence-corrected chi connectivity index (χ1v) is 12.0. The summed E-state index contributed by atoms with van der Waals surface area (Å²) in [4.78, 5) is 29.0. The highest BCUT2D eigenvalue weighted by Gasteiger charge is 2.47. The van der Waals surface area contributed by atoms with Gasteiger partial charge in [-0.15, -0.1) is 0 Å². The molecule has 2 bridgehead atoms. The molecule has 7 rings (SSSR count). The number of fused-ring (bicyclic) bond motifs is 4. The second-order valence-electron chi connectivity index (χ2n) is 9.79. The van der Waals surface area contributed by atoms with E-state index in [1.54, 1.807) is 6.20 Å². The molecule has 0 saturated heterocycles. The number of aromatic amines is 1. The van der Waals surface area contributed by atoms with E-state index < -0.39 is 17.7 Å². The van der Waals surface area contributed by atoms with E-state index in [0.29, 0.717) is 39.9 Å². The lowest BCUT2D eigenvalue weighted by atomic mass is 9.61. The van der Waals surface area contributed by atoms with Crippen molar-refractivity contribution in [2.45, 2.75) is 38.6 Å². The summed E-state index contributed by atoms with van der Waals surface area (Å²) >= 11 is 0. The number of hydrogen-bond acceptors (Lipinski definition) is 5. The number of pyridine rings is 1. The summed E-state index contributed by atoms with van der Waals surface area (Å²) in [5, 5.41) is 14.1. The van der Waals surface area contributed by atoms with Gasteiger partial charge in [0.25, 0.3) is 0 Å². The van der Waals surface area contributed by atoms with Crippen LogP contribution in [0.5, 0.6) is 0 Å². The fourth-order valence-electron chi connectivity index (χ4n) is 5.86. The van der Waals surface area contributed by atoms with Crippen LogP contribution in [0.2, 0.25) is 0 Å². The van der Waals surface area contributed by atoms with Gasteiger partial charge in [-0.2, -0.15) is 0 Å². The quantitative estimate of drug-likeness (QED) is 0.358. The number of aryl methyl sites for hydroxylation is 1. The third-order valence-electron chi connectivity index (χ3n) is 7.63. The molecule has 1 unspecified atom stereocenters. The van der Waals surface area contributed by atoms with E-state index in [1.807, 2.05) is 37.3 Å². The van der Waals surface area contributed by atoms with Gasteiger partial charge in [0.15, 0.2) is 5.82 Å². The minimum Gasteiger partial charge on any atom is -0.481 e. The highest BCUT2D eigenvalue weighted by Crippen LogP contribution is 2.46. The number of rotatable bonds is 5. The minimum atomic E-state index is -0.747. The fourth-order valence-corrected chi connectivity index (χ4v) is 5.86. The van der Waals surface area contributed by atoms with Gasteiger partial charge in [-0.25, -0.2) is 19.3 Å². The van der Waals surface area contributed by atoms with E-state index in [4.69, 9.17) is 9.97 Å². The maximum absolute atomic E-state index is 14.0. The van der Waals surface area contributed by atoms with Crippen LogP contribution >= 0.6 is 0 Å². The number of carbonyl (C=O) groups is 1. The van der Waals surface area contributed by atoms with Crippen LogP contribution in [0.3, 0.4) is 0 Å². The molecular weight excluding hydrogens is 445 g/mol. The molecule has 1 aromatic carbocycles. The molecule has 2 atom stereocenters. The number of anilines is 1. The van der Waals surface area contributed by atoms with Crippen LogP contribution in [0.1, 0.15) is 31.2 Å². The van der Waals surface area contributed by atoms with E-state index in [9.17, 15) is 14.3 Å². The van der Waals surface area contributed by atoms with Gasteiger partial charge in [-0.3, -0.25) is 4.79 Å². The Morgan fingerprint density at radius 2 is 1.83 bits per heavy atom. The zero-order chi connectivity index (χ0) is 24.1. The smallest absolute Gasteiger partial charge is 0.308 e. The summed E-state index contributed by atoms with van der Waals surface area (Å²) in [5.41, 5.74) is 3.97. The van der Waals surface area contributed by atoms with Crippen molar-refractivity contribution in [2.75, 3.05) is 5.32 Å². The Morgan fingerprint density at radius 1 is 1.09 bits per heavy atom. The number of hydrogen-bond donors (Lipinski definition) is 3. The van der Waals surface area contributed by atoms with Crippen LogP contribution in [-0.2, 0) is 4.79 Å². The lowest BCUT2D eigenvalue weighted by Gasteiger charge is -2.47. The standard InChI is InChI=1S/C27H26FN5O2/c1-14-2-4-15(5-3-14)21-11-22(32-24-17-8-6-16(7-9-17)23(24)27(34)35)33-26(31-21)20-13-30-25-19(20)10-18(28)12-29-25/h2-5,10-13,16-17,23-24H,6-9H2,1H3,(H,29,30)(H,34,35)(H,31,32,33)/t16?,17?,23-,24?/m1/s1. The molecule has 3 saturated carbocycles. The molecule has 3 aliphatic carbocycles. The summed E-state index contributed by atoms with van der Waals surface area (Å²) in [7, 11) is 0. The van der Waals surface area contributed by atoms with E-state index in [2.05, 4.69) is 15.3 Å². The SMILES string of the molecule is Cc1ccc(-c2cc(NC3C4CCC(CC4)[C@H]3C(=O)O)nc(-c3c[nH]c4ncc(F)cc34)n2)cc1. The third-order valence-corrected chi connectivity index (χ3v) is 7.63. The number of nitrogens with one attached hydrogen (secondary N) is 2. The molecule has 8 heteroatoms. The molecule has 3 N–H and O–H groups in total. The average Bonchev–Trinajstić information content (AvgIpc) is 3.28. The number of nitrogens with zero attached hydrogens (tertiary/aromatic N) is 3. The zero-order valence-corrected chi connectivity index (χ0v) is 19.3. The van der Waals surface area contributed by atoms with Crippen LogP contribution in [-0.4, -0.2) is 37.1 Å². The Bertz CT molecular complexity index is 1410. The number of carboxylic acid groups (broad SMARTS) is 1. The Morgan fingerprint density at radius 3 is 2.57 bits per heavy atom. The Kier molecular flexibility index (Phi) is 5.24. The Hall–Kier alpha value is -3.81. The summed E-state index contributed by atoms with van der Waals surface area (Å²) in [6.45, 7) is 2.03. The van der Waals surface area contributed by atoms with Crippen LogP contribution in [0.25, 0.3) is 33.7 Å². The lowest BCUT2D eigenvalue weighted by Crippen LogP contribution is -2.51. The van der Waals surface area contributed by atoms with Gasteiger partial charge in [0.05, 0.1) is 17.8 Å². The summed E-state index contributed by atoms with van der Waals surface area (Å²) < 4.78 is 14.0. The third kappa shape index (κ3) is 3.92. The predicted molar refractivity (Wildman–Crippen MR) is 131 cm³/mol. The number of benzene rings is 1. The summed E-state index contributed by atoms with van der Waals surface area (Å²) in [6.07, 6.45) is 6.90. The molecule has 0 spiro atoms. The van der Waals surface area contributed by atoms with E-state index >= 15 is 0 Å². The molecule has 3 heterocycles. The molecule has 3 fully saturated rings. The van der Waals surface area contributed by atoms with Gasteiger partial charge in [-0.1, -0.05) is 29.8 Å². The largest absolute Gasteiger partial charge is 0.481 e. The highest BCUT2D eigenvalue weighted by atomic mass is 19.1. The molecule has 7 nitrogen and oxygen atoms in total. The zero-order valence-electron chi connectivity index (χ0n) is 19.3. The van der Waals surface area contributed by atoms with Crippen molar-refractivity contribution in [3.8, 4) is 22.6 Å². The van der Waals surface area contributed by atoms with Gasteiger partial charge in [0, 0.05) is 34.8 Å². The maximum atomic E-state index is 14.0. The van der Waals surface area contributed by atoms with E-state index in [0.717, 1.165) is 36.8 Å². The van der Waals surface area contributed by atoms with Crippen molar-refractivity contribution < 1.29 is 14.3 Å². The Balaban J connectivity index is 1.46. The minimum absolute atomic E-state index is 0.185. The van der Waals surface area contributed by atoms with Gasteiger partial charge >= 0.3 is 5.97 Å². The fraction of sp³-hybridized carbons (Fsp3) is 0.333. The first-order chi connectivity index (χ1) is 17.0. The highest BCUT2D eigenvalue weighted by molar-refractivity contribution is 5.92. The Labute approximate surface area is 201 Å². The topological polar surface area (TPSA) is 104 Å². The number of H-pyrrole nitrogens is 1. The molecule has 35 heavy (non-hydrogen) atoms. The van der Waals surface area contributed by atoms with Crippen LogP contribution in [0.15, 0.2) is 48.8 Å². The predicted octanol–water partition coefficient (Wildman–Crippen LogP) is 5.44. The number of halogens is 1. The molecule has 178 valence electrons. The van der Waals surface area contributed by atoms with Gasteiger partial charge in [-0.05, 0) is 50.5 Å². The molecule has 3 aromatic heterocycles. The van der Waals surface area contributed by atoms with E-state index in [-0.39, 0.29) is 12.0 Å². The molecular formula is C27H26FN5O2. The summed E-state index contributed by atoms with van der Waals surface area (Å²) in [5.74, 6) is -0.124. The van der Waals surface area contributed by atoms with Crippen molar-refractivity contribution in [2.24, 2.45) is 17.8 Å². The normalized spacial score (nSPS) is 23.5. The first kappa shape index (κ1) is 21.7. The molecule has 4 aromatic rings. The van der Waals surface area contributed by atoms with Crippen molar-refractivity contribution >= 4 is 22.8 Å². The average molecular weight is 472 g/mol. The molecule has 3 aliphatic rings. The van der Waals surface area contributed by atoms with Crippen molar-refractivity contribution in [3.05, 3.63) is 60.2 Å². The molecule has 0 radical (unpaired) electrons. The van der Waals surface area contributed by atoms with Crippen molar-refractivity contribution in [1.29, 1.82) is 0 Å². The van der Waals surface area contributed by atoms with Gasteiger partial charge in [0.1, 0.15) is 17.3 Å². The number of carboxylic acids is 1. The second kappa shape index (κ2) is 8.45. The number of aromatic nitrogens is 4. The van der Waals surface area contributed by atoms with Gasteiger partial charge in [0.2, 0.25) is 0 Å². The van der Waals surface area contributed by atoms with Crippen LogP contribution in [0.4, 0.5) is 10.2 Å². The van der Waals surface area contributed by atoms with Crippen molar-refractivity contribution in [3.63, 3.8) is 0 Å². The second-order valence-corrected chi connectivity index (χ2v) is 9.79. The lowest BCUT2D eigenvalue weighted by molar-refractivity contribution is -0.148. The van der Waals surface area contributed by atoms with E-state index in [1.165, 1.54) is 12.3 Å². The number of aliphatic carboxylic acids is 1. The van der Waals surface area contributed by atoms with Crippen LogP contribution < -0.4 is 5.32 Å². The van der Waals surface area contributed by atoms with Gasteiger partial charge < -0.3 is 15.4 Å². The molecule has 0 aliphatic heterocycles. The van der Waals surface area contributed by atoms with Crippen molar-refractivity contribution in [1.82, 2.24) is 19.9 Å².